The van der Waals surface area contributed by atoms with Gasteiger partial charge in [0.25, 0.3) is 11.8 Å². The molecule has 1 aliphatic rings. The van der Waals surface area contributed by atoms with E-state index in [2.05, 4.69) is 5.32 Å². The second-order valence-corrected chi connectivity index (χ2v) is 8.03. The fourth-order valence-electron chi connectivity index (χ4n) is 3.29. The summed E-state index contributed by atoms with van der Waals surface area (Å²) in [5, 5.41) is 11.8. The Labute approximate surface area is 209 Å². The average Bonchev–Trinajstić information content (AvgIpc) is 3.30. The number of nitrogens with zero attached hydrogens (tertiary/aromatic N) is 1. The van der Waals surface area contributed by atoms with Crippen LogP contribution in [0.5, 0.6) is 11.5 Å². The van der Waals surface area contributed by atoms with E-state index in [1.54, 1.807) is 42.5 Å². The van der Waals surface area contributed by atoms with E-state index in [1.165, 1.54) is 30.2 Å². The molecule has 1 aliphatic heterocycles. The van der Waals surface area contributed by atoms with Gasteiger partial charge < -0.3 is 19.0 Å². The smallest absolute Gasteiger partial charge is 0.371 e. The number of nitrogens with one attached hydrogen (secondary N) is 1. The molecule has 11 heteroatoms. The van der Waals surface area contributed by atoms with Crippen LogP contribution in [0.1, 0.15) is 21.9 Å². The van der Waals surface area contributed by atoms with Crippen molar-refractivity contribution in [3.63, 3.8) is 0 Å². The van der Waals surface area contributed by atoms with Crippen molar-refractivity contribution in [3.05, 3.63) is 82.3 Å². The molecule has 35 heavy (non-hydrogen) atoms. The second-order valence-electron chi connectivity index (χ2n) is 7.21. The number of hydrogen-bond acceptors (Lipinski definition) is 7. The molecule has 0 atom stereocenters. The van der Waals surface area contributed by atoms with Crippen molar-refractivity contribution in [2.75, 3.05) is 12.0 Å². The molecule has 0 unspecified atom stereocenters. The van der Waals surface area contributed by atoms with Gasteiger partial charge in [0, 0.05) is 5.02 Å². The molecule has 2 aromatic carbocycles. The quantitative estimate of drug-likeness (QED) is 0.276. The van der Waals surface area contributed by atoms with Gasteiger partial charge in [0.15, 0.2) is 16.6 Å². The zero-order valence-corrected chi connectivity index (χ0v) is 19.7. The lowest BCUT2D eigenvalue weighted by Crippen LogP contribution is -2.54. The Hall–Kier alpha value is -4.15. The van der Waals surface area contributed by atoms with Gasteiger partial charge in [-0.25, -0.2) is 4.79 Å². The Morgan fingerprint density at radius 2 is 1.97 bits per heavy atom. The predicted molar refractivity (Wildman–Crippen MR) is 131 cm³/mol. The molecular formula is C24H17ClN2O7S. The lowest BCUT2D eigenvalue weighted by atomic mass is 10.1. The number of thiocarbonyl (C=S) groups is 1. The molecule has 4 rings (SSSR count). The number of carbonyl (C=O) groups excluding carboxylic acids is 2. The SMILES string of the molecule is COc1cc(/C=C2\C(=O)NC(=S)N(c3cccc(Cl)c3)C2=O)ccc1OCc1ccc(C(=O)O)o1. The zero-order chi connectivity index (χ0) is 25.1. The van der Waals surface area contributed by atoms with Crippen molar-refractivity contribution >= 4 is 58.5 Å². The molecule has 2 amide bonds. The van der Waals surface area contributed by atoms with Crippen LogP contribution in [0.15, 0.2) is 64.6 Å². The van der Waals surface area contributed by atoms with E-state index < -0.39 is 17.8 Å². The van der Waals surface area contributed by atoms with Gasteiger partial charge in [-0.2, -0.15) is 0 Å². The summed E-state index contributed by atoms with van der Waals surface area (Å²) in [5.74, 6) is -1.62. The van der Waals surface area contributed by atoms with Crippen molar-refractivity contribution in [1.82, 2.24) is 5.32 Å². The number of rotatable bonds is 7. The summed E-state index contributed by atoms with van der Waals surface area (Å²) in [4.78, 5) is 37.8. The molecule has 2 N–H and O–H groups in total. The standard InChI is InChI=1S/C24H17ClN2O7S/c1-32-20-10-13(5-7-18(20)33-12-16-6-8-19(34-16)23(30)31)9-17-21(28)26-24(35)27(22(17)29)15-4-2-3-14(25)11-15/h2-11H,12H2,1H3,(H,30,31)(H,26,28,35)/b17-9+. The van der Waals surface area contributed by atoms with Crippen LogP contribution < -0.4 is 19.7 Å². The summed E-state index contributed by atoms with van der Waals surface area (Å²) in [6, 6.07) is 14.2. The number of halogens is 1. The molecule has 1 fully saturated rings. The number of benzene rings is 2. The molecular weight excluding hydrogens is 496 g/mol. The molecule has 9 nitrogen and oxygen atoms in total. The Balaban J connectivity index is 1.57. The number of aromatic carboxylic acids is 1. The number of hydrogen-bond donors (Lipinski definition) is 2. The molecule has 0 bridgehead atoms. The molecule has 0 radical (unpaired) electrons. The highest BCUT2D eigenvalue weighted by Gasteiger charge is 2.34. The molecule has 178 valence electrons. The Kier molecular flexibility index (Phi) is 6.85. The van der Waals surface area contributed by atoms with Crippen LogP contribution >= 0.6 is 23.8 Å². The topological polar surface area (TPSA) is 118 Å². The predicted octanol–water partition coefficient (Wildman–Crippen LogP) is 4.05. The van der Waals surface area contributed by atoms with E-state index in [-0.39, 0.29) is 23.1 Å². The lowest BCUT2D eigenvalue weighted by molar-refractivity contribution is -0.122. The van der Waals surface area contributed by atoms with Crippen molar-refractivity contribution < 1.29 is 33.4 Å². The van der Waals surface area contributed by atoms with Gasteiger partial charge in [0.05, 0.1) is 12.8 Å². The molecule has 1 saturated heterocycles. The highest BCUT2D eigenvalue weighted by molar-refractivity contribution is 7.80. The Morgan fingerprint density at radius 3 is 2.66 bits per heavy atom. The molecule has 2 heterocycles. The summed E-state index contributed by atoms with van der Waals surface area (Å²) in [6.07, 6.45) is 1.41. The van der Waals surface area contributed by atoms with Gasteiger partial charge in [0.2, 0.25) is 5.76 Å². The Bertz CT molecular complexity index is 1380. The summed E-state index contributed by atoms with van der Waals surface area (Å²) < 4.78 is 16.2. The third-order valence-corrected chi connectivity index (χ3v) is 5.43. The largest absolute Gasteiger partial charge is 0.493 e. The van der Waals surface area contributed by atoms with Gasteiger partial charge in [-0.15, -0.1) is 0 Å². The summed E-state index contributed by atoms with van der Waals surface area (Å²) in [5.41, 5.74) is 0.785. The first-order valence-electron chi connectivity index (χ1n) is 10.1. The van der Waals surface area contributed by atoms with E-state index in [4.69, 9.17) is 42.8 Å². The number of methoxy groups -OCH3 is 1. The van der Waals surface area contributed by atoms with Crippen LogP contribution in [0.4, 0.5) is 5.69 Å². The monoisotopic (exact) mass is 512 g/mol. The third-order valence-electron chi connectivity index (χ3n) is 4.91. The first kappa shape index (κ1) is 24.0. The van der Waals surface area contributed by atoms with E-state index in [1.807, 2.05) is 0 Å². The lowest BCUT2D eigenvalue weighted by Gasteiger charge is -2.29. The highest BCUT2D eigenvalue weighted by Crippen LogP contribution is 2.31. The number of amides is 2. The van der Waals surface area contributed by atoms with Crippen molar-refractivity contribution in [1.29, 1.82) is 0 Å². The zero-order valence-electron chi connectivity index (χ0n) is 18.1. The first-order valence-corrected chi connectivity index (χ1v) is 10.9. The van der Waals surface area contributed by atoms with Crippen LogP contribution in [-0.2, 0) is 16.2 Å². The van der Waals surface area contributed by atoms with Crippen molar-refractivity contribution in [3.8, 4) is 11.5 Å². The maximum Gasteiger partial charge on any atom is 0.371 e. The number of anilines is 1. The van der Waals surface area contributed by atoms with Crippen molar-refractivity contribution in [2.45, 2.75) is 6.61 Å². The minimum absolute atomic E-state index is 0.0307. The average molecular weight is 513 g/mol. The van der Waals surface area contributed by atoms with Gasteiger partial charge in [-0.1, -0.05) is 23.7 Å². The normalized spacial score (nSPS) is 14.7. The van der Waals surface area contributed by atoms with Crippen LogP contribution in [0.25, 0.3) is 6.08 Å². The summed E-state index contributed by atoms with van der Waals surface area (Å²) in [7, 11) is 1.44. The minimum atomic E-state index is -1.18. The van der Waals surface area contributed by atoms with E-state index >= 15 is 0 Å². The first-order chi connectivity index (χ1) is 16.8. The maximum atomic E-state index is 13.2. The van der Waals surface area contributed by atoms with E-state index in [0.29, 0.717) is 33.5 Å². The van der Waals surface area contributed by atoms with Gasteiger partial charge in [-0.05, 0) is 66.3 Å². The van der Waals surface area contributed by atoms with Gasteiger partial charge in [0.1, 0.15) is 17.9 Å². The molecule has 0 saturated carbocycles. The summed E-state index contributed by atoms with van der Waals surface area (Å²) >= 11 is 11.2. The maximum absolute atomic E-state index is 13.2. The van der Waals surface area contributed by atoms with Crippen molar-refractivity contribution in [2.24, 2.45) is 0 Å². The number of carboxylic acids is 1. The number of ether oxygens (including phenoxy) is 2. The number of furan rings is 1. The molecule has 0 spiro atoms. The van der Waals surface area contributed by atoms with Crippen LogP contribution in [0.3, 0.4) is 0 Å². The third kappa shape index (κ3) is 5.18. The fraction of sp³-hybridized carbons (Fsp3) is 0.0833. The van der Waals surface area contributed by atoms with Crippen LogP contribution in [0, 0.1) is 0 Å². The minimum Gasteiger partial charge on any atom is -0.493 e. The number of carboxylic acid groups (broad SMARTS) is 1. The summed E-state index contributed by atoms with van der Waals surface area (Å²) in [6.45, 7) is -0.0307. The van der Waals surface area contributed by atoms with Crippen LogP contribution in [0.2, 0.25) is 5.02 Å². The number of carbonyl (C=O) groups is 3. The van der Waals surface area contributed by atoms with Gasteiger partial charge in [-0.3, -0.25) is 19.8 Å². The Morgan fingerprint density at radius 1 is 1.17 bits per heavy atom. The molecule has 1 aromatic heterocycles. The van der Waals surface area contributed by atoms with E-state index in [0.717, 1.165) is 0 Å². The molecule has 0 aliphatic carbocycles. The van der Waals surface area contributed by atoms with E-state index in [9.17, 15) is 14.4 Å². The fourth-order valence-corrected chi connectivity index (χ4v) is 3.75. The molecule has 3 aromatic rings. The van der Waals surface area contributed by atoms with Gasteiger partial charge >= 0.3 is 5.97 Å². The highest BCUT2D eigenvalue weighted by atomic mass is 35.5. The second kappa shape index (κ2) is 10.00. The van der Waals surface area contributed by atoms with Crippen LogP contribution in [-0.4, -0.2) is 35.1 Å².